The van der Waals surface area contributed by atoms with E-state index in [9.17, 15) is 4.79 Å². The lowest BCUT2D eigenvalue weighted by Crippen LogP contribution is -2.35. The molecule has 0 aliphatic rings. The Kier molecular flexibility index (Phi) is 5.46. The first-order valence-corrected chi connectivity index (χ1v) is 7.26. The fraction of sp³-hybridized carbons (Fsp3) is 0.294. The molecule has 0 aliphatic carbocycles. The number of amides is 1. The zero-order chi connectivity index (χ0) is 15.1. The molecule has 21 heavy (non-hydrogen) atoms. The molecule has 4 heteroatoms. The van der Waals surface area contributed by atoms with Crippen LogP contribution in [-0.4, -0.2) is 36.7 Å². The van der Waals surface area contributed by atoms with Crippen LogP contribution in [-0.2, 0) is 4.79 Å². The van der Waals surface area contributed by atoms with Crippen molar-refractivity contribution in [2.75, 3.05) is 19.6 Å². The van der Waals surface area contributed by atoms with Crippen LogP contribution in [0, 0.1) is 0 Å². The maximum absolute atomic E-state index is 11.8. The van der Waals surface area contributed by atoms with Gasteiger partial charge in [0.2, 0.25) is 0 Å². The first-order chi connectivity index (χ1) is 10.2. The van der Waals surface area contributed by atoms with Crippen molar-refractivity contribution in [2.45, 2.75) is 13.8 Å². The molecular formula is C17H21N3O. The molecule has 0 unspecified atom stereocenters. The summed E-state index contributed by atoms with van der Waals surface area (Å²) in [5, 5.41) is 6.35. The Balaban J connectivity index is 2.02. The van der Waals surface area contributed by atoms with Crippen LogP contribution in [0.4, 0.5) is 0 Å². The van der Waals surface area contributed by atoms with E-state index in [1.807, 2.05) is 43.0 Å². The second-order valence-corrected chi connectivity index (χ2v) is 4.82. The van der Waals surface area contributed by atoms with Crippen molar-refractivity contribution in [2.24, 2.45) is 5.10 Å². The third-order valence-corrected chi connectivity index (χ3v) is 3.48. The van der Waals surface area contributed by atoms with Gasteiger partial charge in [0.05, 0.1) is 12.8 Å². The topological polar surface area (TPSA) is 44.7 Å². The first kappa shape index (κ1) is 15.2. The summed E-state index contributed by atoms with van der Waals surface area (Å²) in [6, 6.07) is 14.2. The minimum atomic E-state index is -0.0878. The van der Waals surface area contributed by atoms with E-state index in [0.29, 0.717) is 6.54 Å². The lowest BCUT2D eigenvalue weighted by atomic mass is 10.1. The van der Waals surface area contributed by atoms with Gasteiger partial charge in [-0.2, -0.15) is 5.10 Å². The Morgan fingerprint density at radius 2 is 1.86 bits per heavy atom. The maximum atomic E-state index is 11.8. The smallest absolute Gasteiger partial charge is 0.254 e. The molecule has 0 bridgehead atoms. The number of likely N-dealkylation sites (N-methyl/N-ethyl adjacent to an activating group) is 1. The zero-order valence-electron chi connectivity index (χ0n) is 12.5. The molecule has 0 saturated heterocycles. The van der Waals surface area contributed by atoms with E-state index < -0.39 is 0 Å². The SMILES string of the molecule is CCN(CC)CC(=O)N/N=C/c1cccc2ccccc12. The second-order valence-electron chi connectivity index (χ2n) is 4.82. The van der Waals surface area contributed by atoms with Gasteiger partial charge in [0.25, 0.3) is 5.91 Å². The molecule has 4 nitrogen and oxygen atoms in total. The van der Waals surface area contributed by atoms with E-state index in [0.717, 1.165) is 29.4 Å². The highest BCUT2D eigenvalue weighted by atomic mass is 16.2. The van der Waals surface area contributed by atoms with Crippen LogP contribution in [0.3, 0.4) is 0 Å². The number of carbonyl (C=O) groups is 1. The number of nitrogens with one attached hydrogen (secondary N) is 1. The Morgan fingerprint density at radius 3 is 2.62 bits per heavy atom. The van der Waals surface area contributed by atoms with Crippen LogP contribution in [0.15, 0.2) is 47.6 Å². The normalized spacial score (nSPS) is 11.4. The number of benzene rings is 2. The molecule has 0 aromatic heterocycles. The monoisotopic (exact) mass is 283 g/mol. The Labute approximate surface area is 125 Å². The molecule has 110 valence electrons. The van der Waals surface area contributed by atoms with Gasteiger partial charge in [-0.25, -0.2) is 5.43 Å². The third-order valence-electron chi connectivity index (χ3n) is 3.48. The van der Waals surface area contributed by atoms with Crippen LogP contribution in [0.1, 0.15) is 19.4 Å². The van der Waals surface area contributed by atoms with Crippen molar-refractivity contribution in [3.8, 4) is 0 Å². The summed E-state index contributed by atoms with van der Waals surface area (Å²) < 4.78 is 0. The second kappa shape index (κ2) is 7.55. The predicted molar refractivity (Wildman–Crippen MR) is 87.5 cm³/mol. The van der Waals surface area contributed by atoms with Gasteiger partial charge in [-0.05, 0) is 23.9 Å². The average Bonchev–Trinajstić information content (AvgIpc) is 2.53. The van der Waals surface area contributed by atoms with Gasteiger partial charge < -0.3 is 0 Å². The standard InChI is InChI=1S/C17H21N3O/c1-3-20(4-2)13-17(21)19-18-12-15-10-7-9-14-8-5-6-11-16(14)15/h5-12H,3-4,13H2,1-2H3,(H,19,21)/b18-12+. The zero-order valence-corrected chi connectivity index (χ0v) is 12.5. The number of nitrogens with zero attached hydrogens (tertiary/aromatic N) is 2. The van der Waals surface area contributed by atoms with E-state index in [1.165, 1.54) is 0 Å². The summed E-state index contributed by atoms with van der Waals surface area (Å²) in [5.41, 5.74) is 3.58. The highest BCUT2D eigenvalue weighted by molar-refractivity contribution is 5.99. The molecule has 1 N–H and O–H groups in total. The molecule has 0 atom stereocenters. The summed E-state index contributed by atoms with van der Waals surface area (Å²) in [6.45, 7) is 6.17. The van der Waals surface area contributed by atoms with Gasteiger partial charge in [0, 0.05) is 5.56 Å². The molecule has 2 aromatic carbocycles. The summed E-state index contributed by atoms with van der Waals surface area (Å²) in [6.07, 6.45) is 1.70. The van der Waals surface area contributed by atoms with E-state index in [4.69, 9.17) is 0 Å². The average molecular weight is 283 g/mol. The van der Waals surface area contributed by atoms with Gasteiger partial charge in [0.15, 0.2) is 0 Å². The molecule has 2 rings (SSSR count). The third kappa shape index (κ3) is 4.13. The van der Waals surface area contributed by atoms with E-state index in [1.54, 1.807) is 6.21 Å². The van der Waals surface area contributed by atoms with Crippen LogP contribution in [0.5, 0.6) is 0 Å². The number of fused-ring (bicyclic) bond motifs is 1. The van der Waals surface area contributed by atoms with Gasteiger partial charge in [0.1, 0.15) is 0 Å². The number of hydrogen-bond acceptors (Lipinski definition) is 3. The number of rotatable bonds is 6. The minimum Gasteiger partial charge on any atom is -0.295 e. The molecule has 0 saturated carbocycles. The van der Waals surface area contributed by atoms with Crippen molar-refractivity contribution in [3.63, 3.8) is 0 Å². The fourth-order valence-corrected chi connectivity index (χ4v) is 2.22. The van der Waals surface area contributed by atoms with E-state index in [-0.39, 0.29) is 5.91 Å². The first-order valence-electron chi connectivity index (χ1n) is 7.26. The molecule has 0 fully saturated rings. The van der Waals surface area contributed by atoms with Crippen molar-refractivity contribution >= 4 is 22.9 Å². The van der Waals surface area contributed by atoms with Gasteiger partial charge >= 0.3 is 0 Å². The lowest BCUT2D eigenvalue weighted by Gasteiger charge is -2.15. The number of hydrogen-bond donors (Lipinski definition) is 1. The van der Waals surface area contributed by atoms with Gasteiger partial charge in [-0.1, -0.05) is 56.3 Å². The summed E-state index contributed by atoms with van der Waals surface area (Å²) in [5.74, 6) is -0.0878. The van der Waals surface area contributed by atoms with Crippen LogP contribution >= 0.6 is 0 Å². The summed E-state index contributed by atoms with van der Waals surface area (Å²) >= 11 is 0. The largest absolute Gasteiger partial charge is 0.295 e. The van der Waals surface area contributed by atoms with Crippen molar-refractivity contribution < 1.29 is 4.79 Å². The molecule has 0 heterocycles. The Bertz CT molecular complexity index is 627. The summed E-state index contributed by atoms with van der Waals surface area (Å²) in [7, 11) is 0. The fourth-order valence-electron chi connectivity index (χ4n) is 2.22. The number of hydrazone groups is 1. The van der Waals surface area contributed by atoms with Crippen molar-refractivity contribution in [1.29, 1.82) is 0 Å². The Hall–Kier alpha value is -2.20. The van der Waals surface area contributed by atoms with Crippen molar-refractivity contribution in [1.82, 2.24) is 10.3 Å². The molecule has 2 aromatic rings. The molecule has 0 spiro atoms. The Morgan fingerprint density at radius 1 is 1.14 bits per heavy atom. The van der Waals surface area contributed by atoms with Crippen LogP contribution in [0.25, 0.3) is 10.8 Å². The van der Waals surface area contributed by atoms with E-state index in [2.05, 4.69) is 28.7 Å². The molecule has 0 radical (unpaired) electrons. The lowest BCUT2D eigenvalue weighted by molar-refractivity contribution is -0.122. The van der Waals surface area contributed by atoms with Gasteiger partial charge in [-0.3, -0.25) is 9.69 Å². The quantitative estimate of drug-likeness (QED) is 0.654. The molecular weight excluding hydrogens is 262 g/mol. The summed E-state index contributed by atoms with van der Waals surface area (Å²) in [4.78, 5) is 13.8. The van der Waals surface area contributed by atoms with Crippen LogP contribution < -0.4 is 5.43 Å². The van der Waals surface area contributed by atoms with Crippen LogP contribution in [0.2, 0.25) is 0 Å². The van der Waals surface area contributed by atoms with Crippen molar-refractivity contribution in [3.05, 3.63) is 48.0 Å². The van der Waals surface area contributed by atoms with Gasteiger partial charge in [-0.15, -0.1) is 0 Å². The highest BCUT2D eigenvalue weighted by Crippen LogP contribution is 2.16. The minimum absolute atomic E-state index is 0.0878. The molecule has 0 aliphatic heterocycles. The van der Waals surface area contributed by atoms with E-state index >= 15 is 0 Å². The molecule has 1 amide bonds. The number of carbonyl (C=O) groups excluding carboxylic acids is 1. The maximum Gasteiger partial charge on any atom is 0.254 e. The highest BCUT2D eigenvalue weighted by Gasteiger charge is 2.05. The predicted octanol–water partition coefficient (Wildman–Crippen LogP) is 2.63.